The van der Waals surface area contributed by atoms with E-state index in [2.05, 4.69) is 26.1 Å². The highest BCUT2D eigenvalue weighted by Crippen LogP contribution is 2.32. The Labute approximate surface area is 158 Å². The van der Waals surface area contributed by atoms with E-state index in [0.29, 0.717) is 11.5 Å². The van der Waals surface area contributed by atoms with E-state index in [1.54, 1.807) is 19.1 Å². The Morgan fingerprint density at radius 1 is 1.19 bits per heavy atom. The maximum atomic E-state index is 12.5. The molecule has 0 spiro atoms. The van der Waals surface area contributed by atoms with Gasteiger partial charge in [0.1, 0.15) is 17.2 Å². The Kier molecular flexibility index (Phi) is 6.05. The molecule has 1 atom stereocenters. The van der Waals surface area contributed by atoms with E-state index in [-0.39, 0.29) is 16.8 Å². The van der Waals surface area contributed by atoms with Gasteiger partial charge in [-0.05, 0) is 36.1 Å². The molecule has 7 heteroatoms. The van der Waals surface area contributed by atoms with Crippen LogP contribution < -0.4 is 14.8 Å². The van der Waals surface area contributed by atoms with Crippen molar-refractivity contribution in [2.45, 2.75) is 39.2 Å². The van der Waals surface area contributed by atoms with Gasteiger partial charge in [0.15, 0.2) is 6.10 Å². The molecule has 27 heavy (non-hydrogen) atoms. The SMILES string of the molecule is COc1ccc(NC(=O)C(C)Oc2ccccc2C(C)(C)C)c([N+](=O)[O-])c1. The molecule has 0 heterocycles. The second kappa shape index (κ2) is 8.07. The number of nitro benzene ring substituents is 1. The van der Waals surface area contributed by atoms with E-state index in [4.69, 9.17) is 9.47 Å². The molecule has 1 amide bonds. The number of rotatable bonds is 6. The normalized spacial score (nSPS) is 12.2. The number of hydrogen-bond donors (Lipinski definition) is 1. The summed E-state index contributed by atoms with van der Waals surface area (Å²) in [5, 5.41) is 13.8. The van der Waals surface area contributed by atoms with Crippen LogP contribution in [0.1, 0.15) is 33.3 Å². The second-order valence-corrected chi connectivity index (χ2v) is 7.14. The summed E-state index contributed by atoms with van der Waals surface area (Å²) >= 11 is 0. The topological polar surface area (TPSA) is 90.7 Å². The van der Waals surface area contributed by atoms with Crippen LogP contribution in [0.2, 0.25) is 0 Å². The Morgan fingerprint density at radius 3 is 2.44 bits per heavy atom. The van der Waals surface area contributed by atoms with Gasteiger partial charge in [-0.1, -0.05) is 39.0 Å². The minimum absolute atomic E-state index is 0.0883. The lowest BCUT2D eigenvalue weighted by Crippen LogP contribution is -2.31. The van der Waals surface area contributed by atoms with Gasteiger partial charge in [0.2, 0.25) is 0 Å². The zero-order valence-corrected chi connectivity index (χ0v) is 16.1. The lowest BCUT2D eigenvalue weighted by Gasteiger charge is -2.24. The van der Waals surface area contributed by atoms with Crippen LogP contribution in [0.15, 0.2) is 42.5 Å². The second-order valence-electron chi connectivity index (χ2n) is 7.14. The number of methoxy groups -OCH3 is 1. The van der Waals surface area contributed by atoms with E-state index in [1.807, 2.05) is 18.2 Å². The fraction of sp³-hybridized carbons (Fsp3) is 0.350. The van der Waals surface area contributed by atoms with Gasteiger partial charge in [-0.2, -0.15) is 0 Å². The Bertz CT molecular complexity index is 843. The summed E-state index contributed by atoms with van der Waals surface area (Å²) in [4.78, 5) is 23.2. The van der Waals surface area contributed by atoms with Crippen LogP contribution in [0.4, 0.5) is 11.4 Å². The highest BCUT2D eigenvalue weighted by atomic mass is 16.6. The first-order chi connectivity index (χ1) is 12.6. The number of nitrogens with zero attached hydrogens (tertiary/aromatic N) is 1. The number of carbonyl (C=O) groups is 1. The largest absolute Gasteiger partial charge is 0.496 e. The molecule has 0 bridgehead atoms. The molecule has 0 aliphatic carbocycles. The molecule has 0 saturated heterocycles. The summed E-state index contributed by atoms with van der Waals surface area (Å²) in [5.41, 5.74) is 0.664. The number of nitrogens with one attached hydrogen (secondary N) is 1. The molecule has 0 aliphatic heterocycles. The first-order valence-corrected chi connectivity index (χ1v) is 8.53. The van der Waals surface area contributed by atoms with Crippen LogP contribution in [0.3, 0.4) is 0 Å². The maximum Gasteiger partial charge on any atom is 0.296 e. The summed E-state index contributed by atoms with van der Waals surface area (Å²) in [5.74, 6) is 0.465. The summed E-state index contributed by atoms with van der Waals surface area (Å²) in [6, 6.07) is 11.8. The van der Waals surface area contributed by atoms with Crippen molar-refractivity contribution in [3.8, 4) is 11.5 Å². The number of carbonyl (C=O) groups excluding carboxylic acids is 1. The number of benzene rings is 2. The molecule has 7 nitrogen and oxygen atoms in total. The van der Waals surface area contributed by atoms with E-state index in [1.165, 1.54) is 19.2 Å². The fourth-order valence-electron chi connectivity index (χ4n) is 2.56. The third-order valence-corrected chi connectivity index (χ3v) is 4.03. The van der Waals surface area contributed by atoms with Crippen molar-refractivity contribution in [1.29, 1.82) is 0 Å². The quantitative estimate of drug-likeness (QED) is 0.603. The molecule has 0 radical (unpaired) electrons. The standard InChI is InChI=1S/C20H24N2O5/c1-13(27-18-9-7-6-8-15(18)20(2,3)4)19(23)21-16-11-10-14(26-5)12-17(16)22(24)25/h6-13H,1-5H3,(H,21,23). The van der Waals surface area contributed by atoms with Crippen molar-refractivity contribution in [1.82, 2.24) is 0 Å². The predicted octanol–water partition coefficient (Wildman–Crippen LogP) is 4.31. The van der Waals surface area contributed by atoms with Gasteiger partial charge in [-0.25, -0.2) is 0 Å². The van der Waals surface area contributed by atoms with Crippen LogP contribution in [0.25, 0.3) is 0 Å². The molecule has 1 N–H and O–H groups in total. The molecular weight excluding hydrogens is 348 g/mol. The van der Waals surface area contributed by atoms with Gasteiger partial charge < -0.3 is 14.8 Å². The van der Waals surface area contributed by atoms with E-state index in [0.717, 1.165) is 5.56 Å². The number of ether oxygens (including phenoxy) is 2. The van der Waals surface area contributed by atoms with Crippen molar-refractivity contribution < 1.29 is 19.2 Å². The lowest BCUT2D eigenvalue weighted by atomic mass is 9.86. The molecule has 144 valence electrons. The van der Waals surface area contributed by atoms with E-state index >= 15 is 0 Å². The number of para-hydroxylation sites is 1. The number of amides is 1. The van der Waals surface area contributed by atoms with E-state index in [9.17, 15) is 14.9 Å². The highest BCUT2D eigenvalue weighted by Gasteiger charge is 2.24. The molecular formula is C20H24N2O5. The van der Waals surface area contributed by atoms with Crippen molar-refractivity contribution in [2.24, 2.45) is 0 Å². The van der Waals surface area contributed by atoms with Crippen LogP contribution >= 0.6 is 0 Å². The van der Waals surface area contributed by atoms with Crippen molar-refractivity contribution in [3.05, 3.63) is 58.1 Å². The third kappa shape index (κ3) is 4.97. The van der Waals surface area contributed by atoms with Gasteiger partial charge in [0.05, 0.1) is 18.1 Å². The molecule has 0 saturated carbocycles. The molecule has 2 aromatic rings. The minimum Gasteiger partial charge on any atom is -0.496 e. The fourth-order valence-corrected chi connectivity index (χ4v) is 2.56. The average Bonchev–Trinajstić information content (AvgIpc) is 2.61. The zero-order chi connectivity index (χ0) is 20.2. The van der Waals surface area contributed by atoms with Crippen molar-refractivity contribution in [3.63, 3.8) is 0 Å². The maximum absolute atomic E-state index is 12.5. The first-order valence-electron chi connectivity index (χ1n) is 8.53. The summed E-state index contributed by atoms with van der Waals surface area (Å²) in [7, 11) is 1.42. The number of nitro groups is 1. The van der Waals surface area contributed by atoms with Crippen molar-refractivity contribution >= 4 is 17.3 Å². The Morgan fingerprint density at radius 2 is 1.85 bits per heavy atom. The van der Waals surface area contributed by atoms with Crippen LogP contribution in [-0.2, 0) is 10.2 Å². The monoisotopic (exact) mass is 372 g/mol. The third-order valence-electron chi connectivity index (χ3n) is 4.03. The minimum atomic E-state index is -0.838. The highest BCUT2D eigenvalue weighted by molar-refractivity contribution is 5.96. The summed E-state index contributed by atoms with van der Waals surface area (Å²) < 4.78 is 10.8. The van der Waals surface area contributed by atoms with Gasteiger partial charge in [-0.3, -0.25) is 14.9 Å². The lowest BCUT2D eigenvalue weighted by molar-refractivity contribution is -0.384. The Balaban J connectivity index is 2.19. The van der Waals surface area contributed by atoms with Gasteiger partial charge in [0.25, 0.3) is 11.6 Å². The molecule has 2 aromatic carbocycles. The number of anilines is 1. The predicted molar refractivity (Wildman–Crippen MR) is 104 cm³/mol. The van der Waals surface area contributed by atoms with Crippen LogP contribution in [-0.4, -0.2) is 24.0 Å². The first kappa shape index (κ1) is 20.2. The molecule has 0 aliphatic rings. The smallest absolute Gasteiger partial charge is 0.296 e. The van der Waals surface area contributed by atoms with E-state index < -0.39 is 16.9 Å². The molecule has 0 aromatic heterocycles. The average molecular weight is 372 g/mol. The van der Waals surface area contributed by atoms with Crippen molar-refractivity contribution in [2.75, 3.05) is 12.4 Å². The number of hydrogen-bond acceptors (Lipinski definition) is 5. The molecule has 1 unspecified atom stereocenters. The summed E-state index contributed by atoms with van der Waals surface area (Å²) in [6.45, 7) is 7.77. The van der Waals surface area contributed by atoms with Crippen LogP contribution in [0.5, 0.6) is 11.5 Å². The van der Waals surface area contributed by atoms with Crippen LogP contribution in [0, 0.1) is 10.1 Å². The van der Waals surface area contributed by atoms with Gasteiger partial charge in [-0.15, -0.1) is 0 Å². The molecule has 0 fully saturated rings. The Hall–Kier alpha value is -3.09. The molecule has 2 rings (SSSR count). The van der Waals surface area contributed by atoms with Gasteiger partial charge in [0, 0.05) is 0 Å². The zero-order valence-electron chi connectivity index (χ0n) is 16.1. The van der Waals surface area contributed by atoms with Gasteiger partial charge >= 0.3 is 0 Å². The summed E-state index contributed by atoms with van der Waals surface area (Å²) in [6.07, 6.45) is -0.838.